The molecule has 1 nitrogen and oxygen atoms in total. The maximum atomic E-state index is 6.26. The summed E-state index contributed by atoms with van der Waals surface area (Å²) in [6.07, 6.45) is 1.14. The molecular formula is C28H35BrOSi. The van der Waals surface area contributed by atoms with Crippen molar-refractivity contribution < 1.29 is 4.74 Å². The van der Waals surface area contributed by atoms with Crippen molar-refractivity contribution in [1.29, 1.82) is 0 Å². The van der Waals surface area contributed by atoms with E-state index in [1.165, 1.54) is 21.1 Å². The third-order valence-electron chi connectivity index (χ3n) is 6.22. The Bertz CT molecular complexity index is 894. The molecule has 0 heterocycles. The maximum Gasteiger partial charge on any atom is 0.153 e. The molecule has 0 saturated heterocycles. The third-order valence-corrected chi connectivity index (χ3v) is 12.6. The van der Waals surface area contributed by atoms with E-state index in [2.05, 4.69) is 129 Å². The van der Waals surface area contributed by atoms with Gasteiger partial charge in [-0.2, -0.15) is 0 Å². The number of rotatable bonds is 9. The van der Waals surface area contributed by atoms with Gasteiger partial charge in [-0.1, -0.05) is 129 Å². The first kappa shape index (κ1) is 24.0. The van der Waals surface area contributed by atoms with E-state index < -0.39 is 8.07 Å². The molecule has 0 amide bonds. The highest BCUT2D eigenvalue weighted by Gasteiger charge is 2.49. The lowest BCUT2D eigenvalue weighted by Gasteiger charge is -2.45. The van der Waals surface area contributed by atoms with E-state index in [4.69, 9.17) is 4.74 Å². The number of ether oxygens (including phenoxy) is 1. The highest BCUT2D eigenvalue weighted by Crippen LogP contribution is 2.36. The van der Waals surface area contributed by atoms with Crippen molar-refractivity contribution in [3.8, 4) is 0 Å². The molecule has 0 unspecified atom stereocenters. The lowest BCUT2D eigenvalue weighted by Crippen LogP contribution is -2.72. The Morgan fingerprint density at radius 1 is 0.806 bits per heavy atom. The van der Waals surface area contributed by atoms with Crippen LogP contribution in [-0.2, 0) is 11.3 Å². The minimum atomic E-state index is -2.35. The van der Waals surface area contributed by atoms with Crippen LogP contribution in [0.25, 0.3) is 0 Å². The van der Waals surface area contributed by atoms with Gasteiger partial charge >= 0.3 is 0 Å². The van der Waals surface area contributed by atoms with Crippen molar-refractivity contribution in [2.45, 2.75) is 45.8 Å². The number of alkyl halides is 1. The molecular weight excluding hydrogens is 460 g/mol. The van der Waals surface area contributed by atoms with Gasteiger partial charge in [0.2, 0.25) is 0 Å². The highest BCUT2D eigenvalue weighted by atomic mass is 79.9. The molecule has 0 saturated carbocycles. The predicted molar refractivity (Wildman–Crippen MR) is 141 cm³/mol. The van der Waals surface area contributed by atoms with E-state index in [9.17, 15) is 0 Å². The Labute approximate surface area is 198 Å². The van der Waals surface area contributed by atoms with E-state index in [0.717, 1.165) is 18.4 Å². The van der Waals surface area contributed by atoms with E-state index in [1.54, 1.807) is 0 Å². The van der Waals surface area contributed by atoms with E-state index in [-0.39, 0.29) is 5.04 Å². The summed E-state index contributed by atoms with van der Waals surface area (Å²) >= 11 is 3.55. The van der Waals surface area contributed by atoms with Crippen LogP contribution in [0, 0.1) is 5.92 Å². The van der Waals surface area contributed by atoms with Gasteiger partial charge in [0, 0.05) is 11.9 Å². The van der Waals surface area contributed by atoms with Crippen LogP contribution in [0.3, 0.4) is 0 Å². The van der Waals surface area contributed by atoms with Crippen molar-refractivity contribution in [1.82, 2.24) is 0 Å². The molecule has 0 aliphatic carbocycles. The molecule has 0 N–H and O–H groups in total. The highest BCUT2D eigenvalue weighted by molar-refractivity contribution is 9.09. The second kappa shape index (κ2) is 10.8. The van der Waals surface area contributed by atoms with Gasteiger partial charge < -0.3 is 4.74 Å². The van der Waals surface area contributed by atoms with Gasteiger partial charge in [0.1, 0.15) is 0 Å². The number of halogens is 1. The largest absolute Gasteiger partial charge is 0.377 e. The molecule has 3 aromatic rings. The minimum absolute atomic E-state index is 0.0784. The molecule has 0 aliphatic rings. The van der Waals surface area contributed by atoms with Gasteiger partial charge in [-0.05, 0) is 38.5 Å². The number of benzene rings is 3. The normalized spacial score (nSPS) is 13.2. The zero-order valence-corrected chi connectivity index (χ0v) is 21.9. The minimum Gasteiger partial charge on any atom is -0.377 e. The average molecular weight is 496 g/mol. The van der Waals surface area contributed by atoms with Crippen LogP contribution in [0.4, 0.5) is 0 Å². The van der Waals surface area contributed by atoms with Crippen LogP contribution in [0.15, 0.2) is 84.9 Å². The van der Waals surface area contributed by atoms with E-state index >= 15 is 0 Å². The van der Waals surface area contributed by atoms with Gasteiger partial charge in [0.15, 0.2) is 8.07 Å². The Balaban J connectivity index is 2.16. The number of hydrogen-bond acceptors (Lipinski definition) is 1. The summed E-state index contributed by atoms with van der Waals surface area (Å²) in [7, 11) is -2.35. The summed E-state index contributed by atoms with van der Waals surface area (Å²) in [6.45, 7) is 10.9. The summed E-state index contributed by atoms with van der Waals surface area (Å²) in [4.78, 5) is 0. The van der Waals surface area contributed by atoms with Crippen LogP contribution < -0.4 is 15.6 Å². The van der Waals surface area contributed by atoms with Gasteiger partial charge in [-0.3, -0.25) is 0 Å². The van der Waals surface area contributed by atoms with Crippen molar-refractivity contribution in [3.05, 3.63) is 90.5 Å². The van der Waals surface area contributed by atoms with Crippen molar-refractivity contribution in [3.63, 3.8) is 0 Å². The molecule has 3 heteroatoms. The summed E-state index contributed by atoms with van der Waals surface area (Å²) in [5, 5.41) is 5.47. The molecule has 0 aromatic heterocycles. The molecule has 0 spiro atoms. The Morgan fingerprint density at radius 2 is 1.32 bits per heavy atom. The quantitative estimate of drug-likeness (QED) is 0.204. The van der Waals surface area contributed by atoms with Gasteiger partial charge in [0.25, 0.3) is 0 Å². The fourth-order valence-corrected chi connectivity index (χ4v) is 11.4. The Kier molecular flexibility index (Phi) is 8.32. The summed E-state index contributed by atoms with van der Waals surface area (Å²) in [5.74, 6) is 0.555. The first-order valence-corrected chi connectivity index (χ1v) is 14.4. The molecule has 164 valence electrons. The zero-order chi connectivity index (χ0) is 22.3. The van der Waals surface area contributed by atoms with Gasteiger partial charge in [-0.15, -0.1) is 0 Å². The van der Waals surface area contributed by atoms with Gasteiger partial charge in [-0.25, -0.2) is 0 Å². The molecule has 0 bridgehead atoms. The topological polar surface area (TPSA) is 9.23 Å². The maximum absolute atomic E-state index is 6.26. The lowest BCUT2D eigenvalue weighted by atomic mass is 10.1. The molecule has 0 radical (unpaired) electrons. The molecule has 3 rings (SSSR count). The first-order valence-electron chi connectivity index (χ1n) is 11.2. The standard InChI is InChI=1S/C28H35BrOSi/c1-23(19-20-29)21-30-22-24-13-11-12-18-27(24)31(28(2,3)4,25-14-7-5-8-15-25)26-16-9-6-10-17-26/h5-18,23H,19-22H2,1-4H3/t23-/m1/s1. The van der Waals surface area contributed by atoms with Crippen LogP contribution >= 0.6 is 15.9 Å². The molecule has 3 aromatic carbocycles. The van der Waals surface area contributed by atoms with Crippen LogP contribution in [0.5, 0.6) is 0 Å². The van der Waals surface area contributed by atoms with Crippen molar-refractivity contribution >= 4 is 39.6 Å². The second-order valence-corrected chi connectivity index (χ2v) is 15.0. The Morgan fingerprint density at radius 3 is 1.84 bits per heavy atom. The SMILES string of the molecule is C[C@H](CCBr)COCc1ccccc1[Si](c1ccccc1)(c1ccccc1)C(C)(C)C. The van der Waals surface area contributed by atoms with E-state index in [1.807, 2.05) is 0 Å². The van der Waals surface area contributed by atoms with Crippen molar-refractivity contribution in [2.24, 2.45) is 5.92 Å². The second-order valence-electron chi connectivity index (χ2n) is 9.49. The van der Waals surface area contributed by atoms with Crippen molar-refractivity contribution in [2.75, 3.05) is 11.9 Å². The summed E-state index contributed by atoms with van der Waals surface area (Å²) in [5.41, 5.74) is 1.32. The monoisotopic (exact) mass is 494 g/mol. The fourth-order valence-electron chi connectivity index (χ4n) is 4.78. The third kappa shape index (κ3) is 5.22. The van der Waals surface area contributed by atoms with Gasteiger partial charge in [0.05, 0.1) is 6.61 Å². The first-order chi connectivity index (χ1) is 14.9. The Hall–Kier alpha value is -1.68. The molecule has 0 aliphatic heterocycles. The molecule has 1 atom stereocenters. The predicted octanol–water partition coefficient (Wildman–Crippen LogP) is 5.89. The summed E-state index contributed by atoms with van der Waals surface area (Å²) < 4.78 is 6.26. The van der Waals surface area contributed by atoms with E-state index in [0.29, 0.717) is 12.5 Å². The average Bonchev–Trinajstić information content (AvgIpc) is 2.76. The lowest BCUT2D eigenvalue weighted by molar-refractivity contribution is 0.0919. The smallest absolute Gasteiger partial charge is 0.153 e. The summed E-state index contributed by atoms with van der Waals surface area (Å²) in [6, 6.07) is 31.3. The fraction of sp³-hybridized carbons (Fsp3) is 0.357. The van der Waals surface area contributed by atoms with Crippen LogP contribution in [0.2, 0.25) is 5.04 Å². The zero-order valence-electron chi connectivity index (χ0n) is 19.3. The van der Waals surface area contributed by atoms with Crippen LogP contribution in [-0.4, -0.2) is 20.0 Å². The molecule has 0 fully saturated rings. The molecule has 31 heavy (non-hydrogen) atoms. The number of hydrogen-bond donors (Lipinski definition) is 0. The van der Waals surface area contributed by atoms with Crippen LogP contribution in [0.1, 0.15) is 39.7 Å².